The lowest BCUT2D eigenvalue weighted by Gasteiger charge is -2.33. The molecule has 0 atom stereocenters. The minimum atomic E-state index is -0.131. The van der Waals surface area contributed by atoms with Crippen molar-refractivity contribution >= 4 is 38.6 Å². The summed E-state index contributed by atoms with van der Waals surface area (Å²) in [5.74, 6) is 1.20. The van der Waals surface area contributed by atoms with Crippen LogP contribution in [-0.4, -0.2) is 35.6 Å². The van der Waals surface area contributed by atoms with Crippen molar-refractivity contribution in [2.75, 3.05) is 24.5 Å². The zero-order valence-electron chi connectivity index (χ0n) is 17.9. The van der Waals surface area contributed by atoms with Crippen LogP contribution in [0.3, 0.4) is 0 Å². The van der Waals surface area contributed by atoms with Gasteiger partial charge < -0.3 is 15.3 Å². The minimum absolute atomic E-state index is 0.0193. The molecule has 1 saturated heterocycles. The van der Waals surface area contributed by atoms with Crippen LogP contribution in [0.4, 0.5) is 5.82 Å². The van der Waals surface area contributed by atoms with Crippen molar-refractivity contribution in [2.45, 2.75) is 32.1 Å². The Bertz CT molecular complexity index is 1070. The third-order valence-corrected chi connectivity index (χ3v) is 6.73. The molecule has 6 heteroatoms. The van der Waals surface area contributed by atoms with E-state index in [1.54, 1.807) is 6.07 Å². The van der Waals surface area contributed by atoms with Gasteiger partial charge in [-0.3, -0.25) is 4.79 Å². The van der Waals surface area contributed by atoms with Gasteiger partial charge in [0.2, 0.25) is 5.91 Å². The van der Waals surface area contributed by atoms with Gasteiger partial charge in [-0.2, -0.15) is 0 Å². The Morgan fingerprint density at radius 1 is 1.13 bits per heavy atom. The Labute approximate surface area is 191 Å². The van der Waals surface area contributed by atoms with Crippen LogP contribution in [0.25, 0.3) is 10.9 Å². The molecule has 2 heterocycles. The second-order valence-electron chi connectivity index (χ2n) is 8.89. The Hall–Kier alpha value is -2.60. The van der Waals surface area contributed by atoms with Crippen LogP contribution < -0.4 is 10.2 Å². The molecule has 0 aliphatic carbocycles. The number of hydrogen-bond donors (Lipinski definition) is 2. The van der Waals surface area contributed by atoms with E-state index in [9.17, 15) is 9.90 Å². The molecule has 1 amide bonds. The molecule has 0 saturated carbocycles. The fourth-order valence-corrected chi connectivity index (χ4v) is 4.39. The van der Waals surface area contributed by atoms with Crippen LogP contribution in [-0.2, 0) is 10.2 Å². The van der Waals surface area contributed by atoms with E-state index < -0.39 is 0 Å². The lowest BCUT2D eigenvalue weighted by atomic mass is 9.84. The van der Waals surface area contributed by atoms with Crippen LogP contribution in [0.15, 0.2) is 59.1 Å². The second-order valence-corrected chi connectivity index (χ2v) is 9.80. The van der Waals surface area contributed by atoms with Crippen molar-refractivity contribution in [3.63, 3.8) is 0 Å². The highest BCUT2D eigenvalue weighted by Gasteiger charge is 2.28. The van der Waals surface area contributed by atoms with E-state index in [0.717, 1.165) is 41.6 Å². The third kappa shape index (κ3) is 4.85. The maximum Gasteiger partial charge on any atom is 0.223 e. The average molecular weight is 482 g/mol. The first kappa shape index (κ1) is 21.6. The predicted molar refractivity (Wildman–Crippen MR) is 129 cm³/mol. The summed E-state index contributed by atoms with van der Waals surface area (Å²) in [6.07, 6.45) is 1.59. The quantitative estimate of drug-likeness (QED) is 0.537. The number of phenols is 1. The predicted octanol–water partition coefficient (Wildman–Crippen LogP) is 5.01. The molecule has 1 fully saturated rings. The van der Waals surface area contributed by atoms with Crippen LogP contribution in [0.1, 0.15) is 32.3 Å². The number of phenolic OH excluding ortho intramolecular Hbond substituents is 1. The number of carbonyl (C=O) groups excluding carboxylic acids is 1. The lowest BCUT2D eigenvalue weighted by molar-refractivity contribution is -0.125. The van der Waals surface area contributed by atoms with Gasteiger partial charge in [0.1, 0.15) is 17.1 Å². The molecule has 4 rings (SSSR count). The molecular weight excluding hydrogens is 454 g/mol. The van der Waals surface area contributed by atoms with Gasteiger partial charge in [-0.25, -0.2) is 4.98 Å². The van der Waals surface area contributed by atoms with E-state index in [4.69, 9.17) is 0 Å². The van der Waals surface area contributed by atoms with Crippen molar-refractivity contribution in [1.29, 1.82) is 0 Å². The van der Waals surface area contributed by atoms with Gasteiger partial charge in [0.25, 0.3) is 0 Å². The lowest BCUT2D eigenvalue weighted by Crippen LogP contribution is -2.44. The summed E-state index contributed by atoms with van der Waals surface area (Å²) in [6, 6.07) is 17.7. The molecule has 1 aliphatic heterocycles. The molecule has 0 unspecified atom stereocenters. The normalized spacial score (nSPS) is 15.3. The van der Waals surface area contributed by atoms with Crippen molar-refractivity contribution in [1.82, 2.24) is 10.3 Å². The number of fused-ring (bicyclic) bond motifs is 1. The Morgan fingerprint density at radius 3 is 2.55 bits per heavy atom. The molecule has 2 aromatic carbocycles. The van der Waals surface area contributed by atoms with Gasteiger partial charge in [0.15, 0.2) is 0 Å². The summed E-state index contributed by atoms with van der Waals surface area (Å²) in [7, 11) is 0. The number of halogens is 1. The third-order valence-electron chi connectivity index (χ3n) is 6.20. The number of aromatic hydroxyl groups is 1. The summed E-state index contributed by atoms with van der Waals surface area (Å²) < 4.78 is 1.05. The molecule has 5 nitrogen and oxygen atoms in total. The van der Waals surface area contributed by atoms with Gasteiger partial charge in [0, 0.05) is 40.8 Å². The molecule has 2 N–H and O–H groups in total. The molecule has 0 radical (unpaired) electrons. The first-order valence-electron chi connectivity index (χ1n) is 10.7. The highest BCUT2D eigenvalue weighted by molar-refractivity contribution is 9.10. The number of amides is 1. The second kappa shape index (κ2) is 8.87. The largest absolute Gasteiger partial charge is 0.506 e. The molecule has 1 aromatic heterocycles. The number of rotatable bonds is 5. The van der Waals surface area contributed by atoms with Gasteiger partial charge in [-0.1, -0.05) is 54.0 Å². The summed E-state index contributed by atoms with van der Waals surface area (Å²) in [5, 5.41) is 14.2. The zero-order chi connectivity index (χ0) is 22.0. The van der Waals surface area contributed by atoms with Gasteiger partial charge in [0.05, 0.1) is 0 Å². The fourth-order valence-electron chi connectivity index (χ4n) is 4.12. The maximum absolute atomic E-state index is 12.8. The molecule has 1 aliphatic rings. The topological polar surface area (TPSA) is 65.5 Å². The number of pyridine rings is 1. The highest BCUT2D eigenvalue weighted by Crippen LogP contribution is 2.28. The molecule has 162 valence electrons. The van der Waals surface area contributed by atoms with E-state index in [2.05, 4.69) is 57.1 Å². The number of aromatic nitrogens is 1. The number of carbonyl (C=O) groups is 1. The first-order chi connectivity index (χ1) is 14.8. The van der Waals surface area contributed by atoms with Crippen molar-refractivity contribution in [3.05, 3.63) is 64.6 Å². The van der Waals surface area contributed by atoms with E-state index >= 15 is 0 Å². The van der Waals surface area contributed by atoms with E-state index in [1.807, 2.05) is 36.4 Å². The van der Waals surface area contributed by atoms with E-state index in [1.165, 1.54) is 5.56 Å². The van der Waals surface area contributed by atoms with Crippen LogP contribution in [0, 0.1) is 5.92 Å². The number of nitrogens with zero attached hydrogens (tertiary/aromatic N) is 2. The number of hydrogen-bond acceptors (Lipinski definition) is 4. The number of nitrogens with one attached hydrogen (secondary N) is 1. The molecule has 31 heavy (non-hydrogen) atoms. The molecule has 3 aromatic rings. The van der Waals surface area contributed by atoms with Crippen LogP contribution in [0.5, 0.6) is 5.75 Å². The molecule has 0 bridgehead atoms. The Kier molecular flexibility index (Phi) is 6.19. The van der Waals surface area contributed by atoms with Crippen LogP contribution in [0.2, 0.25) is 0 Å². The van der Waals surface area contributed by atoms with Gasteiger partial charge in [-0.15, -0.1) is 0 Å². The van der Waals surface area contributed by atoms with Crippen molar-refractivity contribution < 1.29 is 9.90 Å². The van der Waals surface area contributed by atoms with Crippen LogP contribution >= 0.6 is 15.9 Å². The summed E-state index contributed by atoms with van der Waals surface area (Å²) in [5.41, 5.74) is 1.69. The maximum atomic E-state index is 12.8. The smallest absolute Gasteiger partial charge is 0.223 e. The summed E-state index contributed by atoms with van der Waals surface area (Å²) in [6.45, 7) is 6.47. The van der Waals surface area contributed by atoms with Gasteiger partial charge in [-0.05, 0) is 48.7 Å². The minimum Gasteiger partial charge on any atom is -0.506 e. The summed E-state index contributed by atoms with van der Waals surface area (Å²) >= 11 is 3.47. The summed E-state index contributed by atoms with van der Waals surface area (Å²) in [4.78, 5) is 19.7. The number of para-hydroxylation sites is 1. The average Bonchev–Trinajstić information content (AvgIpc) is 2.78. The number of piperidine rings is 1. The monoisotopic (exact) mass is 481 g/mol. The highest BCUT2D eigenvalue weighted by atomic mass is 79.9. The number of anilines is 1. The zero-order valence-corrected chi connectivity index (χ0v) is 19.5. The van der Waals surface area contributed by atoms with Crippen molar-refractivity contribution in [3.8, 4) is 5.75 Å². The first-order valence-corrected chi connectivity index (χ1v) is 11.5. The van der Waals surface area contributed by atoms with E-state index in [-0.39, 0.29) is 23.0 Å². The number of benzene rings is 2. The Balaban J connectivity index is 1.33. The molecule has 0 spiro atoms. The molecular formula is C25H28BrN3O2. The Morgan fingerprint density at radius 2 is 1.84 bits per heavy atom. The van der Waals surface area contributed by atoms with E-state index in [0.29, 0.717) is 12.1 Å². The standard InChI is InChI=1S/C25H28BrN3O2/c1-25(2,19-7-9-20(26)10-8-19)16-27-24(31)18-12-14-29(15-13-18)22-11-6-17-4-3-5-21(30)23(17)28-22/h3-11,18,30H,12-16H2,1-2H3,(H,27,31). The SMILES string of the molecule is CC(C)(CNC(=O)C1CCN(c2ccc3cccc(O)c3n2)CC1)c1ccc(Br)cc1. The van der Waals surface area contributed by atoms with Crippen molar-refractivity contribution in [2.24, 2.45) is 5.92 Å². The fraction of sp³-hybridized carbons (Fsp3) is 0.360. The van der Waals surface area contributed by atoms with Gasteiger partial charge >= 0.3 is 0 Å².